The van der Waals surface area contributed by atoms with Crippen molar-refractivity contribution in [3.8, 4) is 0 Å². The van der Waals surface area contributed by atoms with Crippen LogP contribution >= 0.6 is 0 Å². The molecule has 8 heterocycles. The molecule has 4 bridgehead atoms. The normalized spacial score (nSPS) is 51.8. The van der Waals surface area contributed by atoms with Gasteiger partial charge in [-0.15, -0.1) is 0 Å². The standard InChI is InChI=1S/C38H50O12/c1-19-7-13-27-21(3)31(43-33-37(27)25(19)15-17-35(5,45-33)47-49-37)41-29(39)23-9-11-24(12-10-23)30(40)42-32-22(4)28-14-8-20(2)26-16-18-36(6)46-34(44-32)38(26,28)50-48-36/h9-12,19-22,25-28,31-34H,7-8,13-18H2,1-6H3/t19-,20-,21-,22-,25+,26+,27+,28+,31+,32+,33-,34-,35+,36+,37-,38-/m1/s1. The Bertz CT molecular complexity index is 1410. The molecule has 2 saturated carbocycles. The summed E-state index contributed by atoms with van der Waals surface area (Å²) in [6.07, 6.45) is 4.04. The van der Waals surface area contributed by atoms with Gasteiger partial charge < -0.3 is 28.4 Å². The van der Waals surface area contributed by atoms with Crippen LogP contribution in [0.15, 0.2) is 24.3 Å². The van der Waals surface area contributed by atoms with E-state index in [1.807, 2.05) is 27.7 Å². The van der Waals surface area contributed by atoms with Crippen LogP contribution in [0.2, 0.25) is 0 Å². The van der Waals surface area contributed by atoms with Crippen LogP contribution in [-0.2, 0) is 48.0 Å². The van der Waals surface area contributed by atoms with E-state index in [0.717, 1.165) is 38.5 Å². The summed E-state index contributed by atoms with van der Waals surface area (Å²) in [7, 11) is 0. The third-order valence-electron chi connectivity index (χ3n) is 14.0. The average molecular weight is 699 g/mol. The molecule has 16 atom stereocenters. The van der Waals surface area contributed by atoms with Crippen molar-refractivity contribution in [2.75, 3.05) is 0 Å². The van der Waals surface area contributed by atoms with Crippen molar-refractivity contribution in [2.24, 2.45) is 47.3 Å². The molecule has 0 aromatic heterocycles. The highest BCUT2D eigenvalue weighted by atomic mass is 17.3. The maximum absolute atomic E-state index is 13.5. The zero-order valence-corrected chi connectivity index (χ0v) is 29.8. The quantitative estimate of drug-likeness (QED) is 0.255. The Balaban J connectivity index is 0.878. The van der Waals surface area contributed by atoms with E-state index < -0.39 is 59.9 Å². The SMILES string of the molecule is C[C@H]1[C@@H](OC(=O)c2ccc(C(=O)O[C@H]3O[C@@H]4O[C@]5(C)CC[C@H]6[C@H](C)CC[C@@H]([C@H]3C)[C@@]46OO5)cc2)O[C@@H]2O[C@]3(C)CC[C@H]4[C@H](C)CC[C@@H]1[C@@]24OO3. The van der Waals surface area contributed by atoms with Crippen molar-refractivity contribution in [3.63, 3.8) is 0 Å². The maximum atomic E-state index is 13.5. The van der Waals surface area contributed by atoms with Crippen molar-refractivity contribution in [1.82, 2.24) is 0 Å². The highest BCUT2D eigenvalue weighted by molar-refractivity contribution is 5.93. The van der Waals surface area contributed by atoms with E-state index in [4.69, 9.17) is 48.0 Å². The van der Waals surface area contributed by atoms with E-state index in [1.165, 1.54) is 0 Å². The molecular weight excluding hydrogens is 648 g/mol. The van der Waals surface area contributed by atoms with Crippen LogP contribution in [0.4, 0.5) is 0 Å². The summed E-state index contributed by atoms with van der Waals surface area (Å²) in [5, 5.41) is 0. The van der Waals surface area contributed by atoms with Gasteiger partial charge in [-0.1, -0.05) is 27.7 Å². The van der Waals surface area contributed by atoms with Gasteiger partial charge in [-0.25, -0.2) is 29.1 Å². The molecule has 12 nitrogen and oxygen atoms in total. The van der Waals surface area contributed by atoms with Gasteiger partial charge in [0.25, 0.3) is 0 Å². The number of hydrogen-bond donors (Lipinski definition) is 0. The first-order valence-electron chi connectivity index (χ1n) is 18.8. The van der Waals surface area contributed by atoms with Crippen molar-refractivity contribution in [1.29, 1.82) is 0 Å². The lowest BCUT2D eigenvalue weighted by atomic mass is 9.58. The van der Waals surface area contributed by atoms with Crippen LogP contribution in [0.5, 0.6) is 0 Å². The number of carbonyl (C=O) groups excluding carboxylic acids is 2. The van der Waals surface area contributed by atoms with E-state index in [-0.39, 0.29) is 35.5 Å². The maximum Gasteiger partial charge on any atom is 0.340 e. The molecular formula is C38H50O12. The molecule has 0 N–H and O–H groups in total. The second-order valence-corrected chi connectivity index (χ2v) is 16.9. The van der Waals surface area contributed by atoms with Gasteiger partial charge in [0, 0.05) is 36.5 Å². The number of fused-ring (bicyclic) bond motifs is 4. The van der Waals surface area contributed by atoms with Gasteiger partial charge in [0.15, 0.2) is 23.8 Å². The minimum absolute atomic E-state index is 0.0303. The van der Waals surface area contributed by atoms with Crippen LogP contribution in [0.1, 0.15) is 114 Å². The number of ether oxygens (including phenoxy) is 6. The molecule has 8 saturated heterocycles. The summed E-state index contributed by atoms with van der Waals surface area (Å²) in [6.45, 7) is 12.3. The molecule has 11 rings (SSSR count). The highest BCUT2D eigenvalue weighted by Crippen LogP contribution is 2.62. The molecule has 10 fully saturated rings. The number of carbonyl (C=O) groups is 2. The van der Waals surface area contributed by atoms with Crippen molar-refractivity contribution in [3.05, 3.63) is 35.4 Å². The minimum atomic E-state index is -0.918. The van der Waals surface area contributed by atoms with E-state index in [1.54, 1.807) is 24.3 Å². The van der Waals surface area contributed by atoms with Crippen LogP contribution in [0, 0.1) is 47.3 Å². The number of esters is 2. The van der Waals surface area contributed by atoms with Crippen LogP contribution in [-0.4, -0.2) is 59.9 Å². The second kappa shape index (κ2) is 11.7. The first-order chi connectivity index (χ1) is 23.9. The van der Waals surface area contributed by atoms with Crippen LogP contribution < -0.4 is 0 Å². The summed E-state index contributed by atoms with van der Waals surface area (Å²) >= 11 is 0. The van der Waals surface area contributed by atoms with Crippen LogP contribution in [0.3, 0.4) is 0 Å². The molecule has 0 amide bonds. The molecule has 1 aromatic carbocycles. The largest absolute Gasteiger partial charge is 0.432 e. The molecule has 50 heavy (non-hydrogen) atoms. The Morgan fingerprint density at radius 1 is 0.580 bits per heavy atom. The van der Waals surface area contributed by atoms with E-state index in [9.17, 15) is 9.59 Å². The number of benzene rings is 1. The molecule has 12 heteroatoms. The zero-order chi connectivity index (χ0) is 34.8. The lowest BCUT2D eigenvalue weighted by molar-refractivity contribution is -0.576. The van der Waals surface area contributed by atoms with Gasteiger partial charge in [0.05, 0.1) is 11.1 Å². The molecule has 8 aliphatic heterocycles. The Morgan fingerprint density at radius 2 is 0.980 bits per heavy atom. The average Bonchev–Trinajstić information content (AvgIpc) is 3.47. The molecule has 0 unspecified atom stereocenters. The number of rotatable bonds is 4. The summed E-state index contributed by atoms with van der Waals surface area (Å²) in [6, 6.07) is 6.28. The van der Waals surface area contributed by atoms with Crippen molar-refractivity contribution < 1.29 is 57.6 Å². The predicted molar refractivity (Wildman–Crippen MR) is 171 cm³/mol. The second-order valence-electron chi connectivity index (χ2n) is 16.9. The Hall–Kier alpha value is -2.16. The Kier molecular flexibility index (Phi) is 7.86. The lowest BCUT2D eigenvalue weighted by Crippen LogP contribution is -2.70. The summed E-state index contributed by atoms with van der Waals surface area (Å²) in [4.78, 5) is 51.1. The summed E-state index contributed by atoms with van der Waals surface area (Å²) in [5.74, 6) is -1.88. The van der Waals surface area contributed by atoms with Gasteiger partial charge in [0.2, 0.25) is 24.2 Å². The molecule has 10 aliphatic rings. The third kappa shape index (κ3) is 4.85. The van der Waals surface area contributed by atoms with Gasteiger partial charge in [-0.2, -0.15) is 0 Å². The van der Waals surface area contributed by atoms with Gasteiger partial charge >= 0.3 is 11.9 Å². The van der Waals surface area contributed by atoms with Gasteiger partial charge in [-0.05, 0) is 100 Å². The fourth-order valence-electron chi connectivity index (χ4n) is 11.1. The Labute approximate surface area is 292 Å². The van der Waals surface area contributed by atoms with E-state index in [0.29, 0.717) is 35.8 Å². The molecule has 0 radical (unpaired) electrons. The third-order valence-corrected chi connectivity index (χ3v) is 14.0. The first-order valence-corrected chi connectivity index (χ1v) is 18.8. The topological polar surface area (TPSA) is 126 Å². The monoisotopic (exact) mass is 698 g/mol. The van der Waals surface area contributed by atoms with E-state index in [2.05, 4.69) is 13.8 Å². The summed E-state index contributed by atoms with van der Waals surface area (Å²) in [5.41, 5.74) is -0.892. The van der Waals surface area contributed by atoms with Gasteiger partial charge in [0.1, 0.15) is 0 Å². The number of hydrogen-bond acceptors (Lipinski definition) is 12. The molecule has 2 spiro atoms. The Morgan fingerprint density at radius 3 is 1.38 bits per heavy atom. The van der Waals surface area contributed by atoms with Gasteiger partial charge in [-0.3, -0.25) is 0 Å². The molecule has 1 aromatic rings. The lowest BCUT2D eigenvalue weighted by Gasteiger charge is -2.59. The smallest absolute Gasteiger partial charge is 0.340 e. The zero-order valence-electron chi connectivity index (χ0n) is 29.8. The van der Waals surface area contributed by atoms with Crippen molar-refractivity contribution in [2.45, 2.75) is 141 Å². The first kappa shape index (κ1) is 33.7. The summed E-state index contributed by atoms with van der Waals surface area (Å²) < 4.78 is 37.6. The molecule has 274 valence electrons. The van der Waals surface area contributed by atoms with Crippen LogP contribution in [0.25, 0.3) is 0 Å². The van der Waals surface area contributed by atoms with E-state index >= 15 is 0 Å². The fourth-order valence-corrected chi connectivity index (χ4v) is 11.1. The fraction of sp³-hybridized carbons (Fsp3) is 0.789. The van der Waals surface area contributed by atoms with Crippen molar-refractivity contribution >= 4 is 11.9 Å². The predicted octanol–water partition coefficient (Wildman–Crippen LogP) is 6.42. The minimum Gasteiger partial charge on any atom is -0.432 e. The molecule has 2 aliphatic carbocycles. The highest BCUT2D eigenvalue weighted by Gasteiger charge is 2.71.